The average Bonchev–Trinajstić information content (AvgIpc) is 2.82. The number of hydrogen-bond acceptors (Lipinski definition) is 5. The van der Waals surface area contributed by atoms with Gasteiger partial charge in [-0.25, -0.2) is 8.42 Å². The van der Waals surface area contributed by atoms with Gasteiger partial charge in [-0.1, -0.05) is 6.92 Å². The Morgan fingerprint density at radius 1 is 1.47 bits per heavy atom. The van der Waals surface area contributed by atoms with Gasteiger partial charge in [0, 0.05) is 12.5 Å². The predicted octanol–water partition coefficient (Wildman–Crippen LogP) is 0.0825. The minimum Gasteiger partial charge on any atom is -0.388 e. The monoisotopic (exact) mass is 259 g/mol. The second-order valence-corrected chi connectivity index (χ2v) is 6.61. The fourth-order valence-corrected chi connectivity index (χ4v) is 3.97. The van der Waals surface area contributed by atoms with Crippen molar-refractivity contribution in [3.05, 3.63) is 11.6 Å². The summed E-state index contributed by atoms with van der Waals surface area (Å²) in [4.78, 5) is 0. The Labute approximate surface area is 101 Å². The maximum Gasteiger partial charge on any atom is 0.158 e. The van der Waals surface area contributed by atoms with E-state index in [-0.39, 0.29) is 24.0 Å². The molecule has 1 saturated heterocycles. The molecule has 2 heterocycles. The van der Waals surface area contributed by atoms with E-state index < -0.39 is 9.84 Å². The molecule has 17 heavy (non-hydrogen) atoms. The molecule has 1 aromatic heterocycles. The summed E-state index contributed by atoms with van der Waals surface area (Å²) in [6.07, 6.45) is 1.51. The fraction of sp³-hybridized carbons (Fsp3) is 0.800. The van der Waals surface area contributed by atoms with Crippen molar-refractivity contribution in [2.75, 3.05) is 11.5 Å². The lowest BCUT2D eigenvalue weighted by Gasteiger charge is -2.11. The van der Waals surface area contributed by atoms with E-state index in [4.69, 9.17) is 5.11 Å². The summed E-state index contributed by atoms with van der Waals surface area (Å²) in [5.41, 5.74) is 0. The summed E-state index contributed by atoms with van der Waals surface area (Å²) in [7, 11) is -2.92. The minimum absolute atomic E-state index is 0.0700. The Morgan fingerprint density at radius 3 is 2.76 bits per heavy atom. The van der Waals surface area contributed by atoms with Crippen LogP contribution >= 0.6 is 0 Å². The van der Waals surface area contributed by atoms with Gasteiger partial charge >= 0.3 is 0 Å². The molecule has 7 heteroatoms. The van der Waals surface area contributed by atoms with E-state index in [0.29, 0.717) is 18.1 Å². The number of aliphatic hydroxyl groups is 1. The van der Waals surface area contributed by atoms with E-state index in [2.05, 4.69) is 10.2 Å². The molecule has 6 nitrogen and oxygen atoms in total. The number of aliphatic hydroxyl groups excluding tert-OH is 1. The van der Waals surface area contributed by atoms with Crippen molar-refractivity contribution in [3.63, 3.8) is 0 Å². The van der Waals surface area contributed by atoms with E-state index in [1.165, 1.54) is 0 Å². The Bertz CT molecular complexity index is 495. The summed E-state index contributed by atoms with van der Waals surface area (Å²) in [6.45, 7) is 2.58. The van der Waals surface area contributed by atoms with Crippen molar-refractivity contribution in [1.82, 2.24) is 14.8 Å². The van der Waals surface area contributed by atoms with Crippen LogP contribution in [0.5, 0.6) is 0 Å². The molecule has 1 N–H and O–H groups in total. The SMILES string of the molecule is CCCn1c(CO)nnc1C1CCS(=O)(=O)C1. The zero-order chi connectivity index (χ0) is 12.5. The highest BCUT2D eigenvalue weighted by molar-refractivity contribution is 7.91. The van der Waals surface area contributed by atoms with Gasteiger partial charge in [0.2, 0.25) is 0 Å². The molecule has 0 radical (unpaired) electrons. The van der Waals surface area contributed by atoms with Crippen LogP contribution in [-0.4, -0.2) is 39.8 Å². The minimum atomic E-state index is -2.92. The van der Waals surface area contributed by atoms with Crippen LogP contribution in [0.1, 0.15) is 37.3 Å². The molecule has 1 aliphatic rings. The van der Waals surface area contributed by atoms with Gasteiger partial charge in [-0.15, -0.1) is 10.2 Å². The largest absolute Gasteiger partial charge is 0.388 e. The number of rotatable bonds is 4. The second kappa shape index (κ2) is 4.73. The standard InChI is InChI=1S/C10H17N3O3S/c1-2-4-13-9(6-14)11-12-10(13)8-3-5-17(15,16)7-8/h8,14H,2-7H2,1H3. The molecule has 1 fully saturated rings. The molecule has 0 spiro atoms. The van der Waals surface area contributed by atoms with E-state index in [0.717, 1.165) is 13.0 Å². The quantitative estimate of drug-likeness (QED) is 0.828. The number of nitrogens with zero attached hydrogens (tertiary/aromatic N) is 3. The maximum absolute atomic E-state index is 11.5. The number of sulfone groups is 1. The summed E-state index contributed by atoms with van der Waals surface area (Å²) in [6, 6.07) is 0. The van der Waals surface area contributed by atoms with E-state index in [1.807, 2.05) is 11.5 Å². The third-order valence-electron chi connectivity index (χ3n) is 3.04. The van der Waals surface area contributed by atoms with Gasteiger partial charge in [0.25, 0.3) is 0 Å². The van der Waals surface area contributed by atoms with Crippen LogP contribution in [0.4, 0.5) is 0 Å². The lowest BCUT2D eigenvalue weighted by atomic mass is 10.1. The number of hydrogen-bond donors (Lipinski definition) is 1. The first-order chi connectivity index (χ1) is 8.07. The van der Waals surface area contributed by atoms with Crippen LogP contribution in [0.2, 0.25) is 0 Å². The molecular formula is C10H17N3O3S. The normalized spacial score (nSPS) is 23.1. The topological polar surface area (TPSA) is 85.1 Å². The third-order valence-corrected chi connectivity index (χ3v) is 4.81. The van der Waals surface area contributed by atoms with Crippen LogP contribution in [-0.2, 0) is 23.0 Å². The highest BCUT2D eigenvalue weighted by Gasteiger charge is 2.32. The third kappa shape index (κ3) is 2.50. The highest BCUT2D eigenvalue weighted by atomic mass is 32.2. The van der Waals surface area contributed by atoms with Crippen LogP contribution in [0, 0.1) is 0 Å². The average molecular weight is 259 g/mol. The van der Waals surface area contributed by atoms with Crippen molar-refractivity contribution < 1.29 is 13.5 Å². The van der Waals surface area contributed by atoms with E-state index in [1.54, 1.807) is 0 Å². The fourth-order valence-electron chi connectivity index (χ4n) is 2.23. The van der Waals surface area contributed by atoms with Gasteiger partial charge < -0.3 is 9.67 Å². The molecule has 0 aliphatic carbocycles. The Balaban J connectivity index is 2.29. The van der Waals surface area contributed by atoms with E-state index >= 15 is 0 Å². The molecule has 96 valence electrons. The molecule has 0 amide bonds. The zero-order valence-electron chi connectivity index (χ0n) is 9.83. The van der Waals surface area contributed by atoms with Gasteiger partial charge in [0.1, 0.15) is 12.4 Å². The summed E-state index contributed by atoms with van der Waals surface area (Å²) in [5.74, 6) is 1.54. The first-order valence-electron chi connectivity index (χ1n) is 5.80. The van der Waals surface area contributed by atoms with Gasteiger partial charge in [-0.2, -0.15) is 0 Å². The van der Waals surface area contributed by atoms with Gasteiger partial charge in [0.05, 0.1) is 11.5 Å². The molecular weight excluding hydrogens is 242 g/mol. The molecule has 0 saturated carbocycles. The maximum atomic E-state index is 11.5. The molecule has 0 bridgehead atoms. The molecule has 1 aromatic rings. The zero-order valence-corrected chi connectivity index (χ0v) is 10.7. The Hall–Kier alpha value is -0.950. The summed E-state index contributed by atoms with van der Waals surface area (Å²) < 4.78 is 24.8. The summed E-state index contributed by atoms with van der Waals surface area (Å²) >= 11 is 0. The van der Waals surface area contributed by atoms with E-state index in [9.17, 15) is 8.42 Å². The lowest BCUT2D eigenvalue weighted by molar-refractivity contribution is 0.263. The van der Waals surface area contributed by atoms with Gasteiger partial charge in [-0.05, 0) is 12.8 Å². The molecule has 0 aromatic carbocycles. The predicted molar refractivity (Wildman–Crippen MR) is 62.2 cm³/mol. The van der Waals surface area contributed by atoms with Gasteiger partial charge in [-0.3, -0.25) is 0 Å². The summed E-state index contributed by atoms with van der Waals surface area (Å²) in [5, 5.41) is 17.1. The Kier molecular flexibility index (Phi) is 3.48. The first kappa shape index (κ1) is 12.5. The van der Waals surface area contributed by atoms with Crippen molar-refractivity contribution in [2.45, 2.75) is 38.8 Å². The smallest absolute Gasteiger partial charge is 0.158 e. The van der Waals surface area contributed by atoms with Crippen molar-refractivity contribution in [2.24, 2.45) is 0 Å². The lowest BCUT2D eigenvalue weighted by Crippen LogP contribution is -2.13. The highest BCUT2D eigenvalue weighted by Crippen LogP contribution is 2.28. The molecule has 1 atom stereocenters. The van der Waals surface area contributed by atoms with Crippen LogP contribution in [0.25, 0.3) is 0 Å². The van der Waals surface area contributed by atoms with Crippen LogP contribution < -0.4 is 0 Å². The van der Waals surface area contributed by atoms with Gasteiger partial charge in [0.15, 0.2) is 15.7 Å². The van der Waals surface area contributed by atoms with Crippen LogP contribution in [0.15, 0.2) is 0 Å². The van der Waals surface area contributed by atoms with Crippen LogP contribution in [0.3, 0.4) is 0 Å². The van der Waals surface area contributed by atoms with Crippen molar-refractivity contribution >= 4 is 9.84 Å². The first-order valence-corrected chi connectivity index (χ1v) is 7.62. The Morgan fingerprint density at radius 2 is 2.24 bits per heavy atom. The van der Waals surface area contributed by atoms with Crippen molar-refractivity contribution in [1.29, 1.82) is 0 Å². The van der Waals surface area contributed by atoms with Crippen molar-refractivity contribution in [3.8, 4) is 0 Å². The molecule has 1 unspecified atom stereocenters. The molecule has 2 rings (SSSR count). The second-order valence-electron chi connectivity index (χ2n) is 4.38. The molecule has 1 aliphatic heterocycles. The number of aromatic nitrogens is 3.